The van der Waals surface area contributed by atoms with E-state index in [0.717, 1.165) is 22.4 Å². The SMILES string of the molecule is CC(C)C[C@H](NC(=O)[C@H](C)N(C(=O)CNC(=O)c1ccc(OCc2ccccc2)cc1)c1ccccc1)C(=O)NCC(=O)NCCc1ccc(OCc2ccccc2)cc1. The van der Waals surface area contributed by atoms with Gasteiger partial charge in [-0.15, -0.1) is 0 Å². The van der Waals surface area contributed by atoms with E-state index in [1.165, 1.54) is 4.90 Å². The van der Waals surface area contributed by atoms with Crippen molar-refractivity contribution in [3.05, 3.63) is 162 Å². The van der Waals surface area contributed by atoms with Crippen molar-refractivity contribution in [2.24, 2.45) is 5.92 Å². The molecule has 4 N–H and O–H groups in total. The van der Waals surface area contributed by atoms with Crippen LogP contribution in [0.15, 0.2) is 140 Å². The summed E-state index contributed by atoms with van der Waals surface area (Å²) < 4.78 is 11.7. The second-order valence-electron chi connectivity index (χ2n) is 14.7. The molecule has 60 heavy (non-hydrogen) atoms. The summed E-state index contributed by atoms with van der Waals surface area (Å²) in [4.78, 5) is 67.9. The highest BCUT2D eigenvalue weighted by Gasteiger charge is 2.31. The predicted octanol–water partition coefficient (Wildman–Crippen LogP) is 6.00. The third-order valence-electron chi connectivity index (χ3n) is 9.51. The maximum atomic E-state index is 13.8. The summed E-state index contributed by atoms with van der Waals surface area (Å²) in [6.45, 7) is 5.94. The van der Waals surface area contributed by atoms with Gasteiger partial charge in [0.25, 0.3) is 5.91 Å². The van der Waals surface area contributed by atoms with Gasteiger partial charge in [0.2, 0.25) is 23.6 Å². The Kier molecular flexibility index (Phi) is 16.8. The largest absolute Gasteiger partial charge is 0.489 e. The molecule has 5 amide bonds. The van der Waals surface area contributed by atoms with Crippen LogP contribution in [0.3, 0.4) is 0 Å². The first kappa shape index (κ1) is 44.2. The lowest BCUT2D eigenvalue weighted by Gasteiger charge is -2.30. The standard InChI is InChI=1S/C48H53N5O7/c1-34(2)29-43(48(58)50-30-44(54)49-28-27-36-19-23-41(24-20-36)59-32-37-13-7-4-8-14-37)52-46(56)35(3)53(40-17-11-6-12-18-40)45(55)31-51-47(57)39-21-25-42(26-22-39)60-33-38-15-9-5-10-16-38/h4-26,34-35,43H,27-33H2,1-3H3,(H,49,54)(H,50,58)(H,51,57)(H,52,56)/t35-,43-/m0/s1. The second-order valence-corrected chi connectivity index (χ2v) is 14.7. The maximum absolute atomic E-state index is 13.8. The lowest BCUT2D eigenvalue weighted by molar-refractivity contribution is -0.131. The maximum Gasteiger partial charge on any atom is 0.251 e. The van der Waals surface area contributed by atoms with E-state index < -0.39 is 42.3 Å². The molecule has 0 saturated heterocycles. The summed E-state index contributed by atoms with van der Waals surface area (Å²) in [5, 5.41) is 10.9. The average molecular weight is 812 g/mol. The molecule has 2 atom stereocenters. The molecule has 0 aromatic heterocycles. The van der Waals surface area contributed by atoms with E-state index in [9.17, 15) is 24.0 Å². The number of anilines is 1. The van der Waals surface area contributed by atoms with Crippen molar-refractivity contribution in [1.82, 2.24) is 21.3 Å². The summed E-state index contributed by atoms with van der Waals surface area (Å²) in [6, 6.07) is 40.5. The first-order chi connectivity index (χ1) is 29.0. The number of nitrogens with zero attached hydrogens (tertiary/aromatic N) is 1. The van der Waals surface area contributed by atoms with Crippen LogP contribution in [0.4, 0.5) is 5.69 Å². The number of nitrogens with one attached hydrogen (secondary N) is 4. The molecular weight excluding hydrogens is 759 g/mol. The summed E-state index contributed by atoms with van der Waals surface area (Å²) >= 11 is 0. The zero-order chi connectivity index (χ0) is 42.7. The number of hydrogen-bond donors (Lipinski definition) is 4. The number of rotatable bonds is 21. The third kappa shape index (κ3) is 14.2. The van der Waals surface area contributed by atoms with E-state index in [2.05, 4.69) is 21.3 Å². The Bertz CT molecular complexity index is 2130. The molecule has 0 aliphatic rings. The van der Waals surface area contributed by atoms with Gasteiger partial charge in [-0.25, -0.2) is 0 Å². The fraction of sp³-hybridized carbons (Fsp3) is 0.271. The molecule has 5 aromatic carbocycles. The van der Waals surface area contributed by atoms with Crippen LogP contribution in [-0.2, 0) is 38.8 Å². The lowest BCUT2D eigenvalue weighted by atomic mass is 10.0. The Balaban J connectivity index is 1.10. The molecule has 0 fully saturated rings. The Morgan fingerprint density at radius 1 is 0.567 bits per heavy atom. The molecule has 0 heterocycles. The topological polar surface area (TPSA) is 155 Å². The summed E-state index contributed by atoms with van der Waals surface area (Å²) in [6.07, 6.45) is 0.878. The highest BCUT2D eigenvalue weighted by atomic mass is 16.5. The molecule has 312 valence electrons. The highest BCUT2D eigenvalue weighted by molar-refractivity contribution is 6.04. The van der Waals surface area contributed by atoms with Crippen molar-refractivity contribution >= 4 is 35.2 Å². The Morgan fingerprint density at radius 3 is 1.65 bits per heavy atom. The van der Waals surface area contributed by atoms with E-state index >= 15 is 0 Å². The molecule has 0 bridgehead atoms. The van der Waals surface area contributed by atoms with Crippen LogP contribution >= 0.6 is 0 Å². The van der Waals surface area contributed by atoms with Crippen molar-refractivity contribution in [1.29, 1.82) is 0 Å². The third-order valence-corrected chi connectivity index (χ3v) is 9.51. The van der Waals surface area contributed by atoms with Gasteiger partial charge in [-0.3, -0.25) is 28.9 Å². The van der Waals surface area contributed by atoms with Crippen molar-refractivity contribution in [3.8, 4) is 11.5 Å². The molecule has 0 spiro atoms. The molecule has 12 nitrogen and oxygen atoms in total. The van der Waals surface area contributed by atoms with Crippen LogP contribution in [0.2, 0.25) is 0 Å². The smallest absolute Gasteiger partial charge is 0.251 e. The normalized spacial score (nSPS) is 11.7. The minimum absolute atomic E-state index is 0.0203. The number of hydrogen-bond acceptors (Lipinski definition) is 7. The van der Waals surface area contributed by atoms with Gasteiger partial charge in [0.1, 0.15) is 36.8 Å². The first-order valence-electron chi connectivity index (χ1n) is 20.1. The van der Waals surface area contributed by atoms with Gasteiger partial charge >= 0.3 is 0 Å². The van der Waals surface area contributed by atoms with E-state index in [1.807, 2.05) is 98.8 Å². The summed E-state index contributed by atoms with van der Waals surface area (Å²) in [7, 11) is 0. The molecule has 0 aliphatic carbocycles. The summed E-state index contributed by atoms with van der Waals surface area (Å²) in [5.41, 5.74) is 3.88. The van der Waals surface area contributed by atoms with Crippen LogP contribution in [0, 0.1) is 5.92 Å². The fourth-order valence-corrected chi connectivity index (χ4v) is 6.26. The van der Waals surface area contributed by atoms with Gasteiger partial charge in [0, 0.05) is 17.8 Å². The van der Waals surface area contributed by atoms with Gasteiger partial charge < -0.3 is 30.7 Å². The molecule has 0 aliphatic heterocycles. The molecule has 12 heteroatoms. The van der Waals surface area contributed by atoms with Crippen molar-refractivity contribution in [3.63, 3.8) is 0 Å². The van der Waals surface area contributed by atoms with Crippen LogP contribution in [0.1, 0.15) is 54.2 Å². The quantitative estimate of drug-likeness (QED) is 0.0709. The van der Waals surface area contributed by atoms with Crippen molar-refractivity contribution < 1.29 is 33.4 Å². The molecule has 0 saturated carbocycles. The highest BCUT2D eigenvalue weighted by Crippen LogP contribution is 2.19. The van der Waals surface area contributed by atoms with E-state index in [4.69, 9.17) is 9.47 Å². The Morgan fingerprint density at radius 2 is 1.10 bits per heavy atom. The second kappa shape index (κ2) is 22.8. The van der Waals surface area contributed by atoms with Gasteiger partial charge in [-0.1, -0.05) is 105 Å². The zero-order valence-electron chi connectivity index (χ0n) is 34.3. The van der Waals surface area contributed by atoms with E-state index in [1.54, 1.807) is 61.5 Å². The fourth-order valence-electron chi connectivity index (χ4n) is 6.26. The molecule has 0 radical (unpaired) electrons. The Hall–Kier alpha value is -6.95. The van der Waals surface area contributed by atoms with Crippen LogP contribution in [0.5, 0.6) is 11.5 Å². The van der Waals surface area contributed by atoms with Crippen molar-refractivity contribution in [2.75, 3.05) is 24.5 Å². The Labute approximate surface area is 351 Å². The number of benzene rings is 5. The van der Waals surface area contributed by atoms with Crippen LogP contribution < -0.4 is 35.6 Å². The van der Waals surface area contributed by atoms with Gasteiger partial charge in [0.15, 0.2) is 0 Å². The zero-order valence-corrected chi connectivity index (χ0v) is 34.3. The number of carbonyl (C=O) groups excluding carboxylic acids is 5. The number of para-hydroxylation sites is 1. The molecule has 0 unspecified atom stereocenters. The molecular formula is C48H53N5O7. The average Bonchev–Trinajstić information content (AvgIpc) is 3.27. The monoisotopic (exact) mass is 811 g/mol. The minimum Gasteiger partial charge on any atom is -0.489 e. The number of carbonyl (C=O) groups is 5. The van der Waals surface area contributed by atoms with E-state index in [-0.39, 0.29) is 18.4 Å². The lowest BCUT2D eigenvalue weighted by Crippen LogP contribution is -2.56. The van der Waals surface area contributed by atoms with Crippen LogP contribution in [0.25, 0.3) is 0 Å². The molecule has 5 rings (SSSR count). The van der Waals surface area contributed by atoms with Gasteiger partial charge in [-0.2, -0.15) is 0 Å². The van der Waals surface area contributed by atoms with Gasteiger partial charge in [0.05, 0.1) is 13.1 Å². The summed E-state index contributed by atoms with van der Waals surface area (Å²) in [5.74, 6) is -1.12. The predicted molar refractivity (Wildman–Crippen MR) is 231 cm³/mol. The minimum atomic E-state index is -1.06. The number of amides is 5. The van der Waals surface area contributed by atoms with E-state index in [0.29, 0.717) is 49.6 Å². The first-order valence-corrected chi connectivity index (χ1v) is 20.1. The molecule has 5 aromatic rings. The number of ether oxygens (including phenoxy) is 2. The van der Waals surface area contributed by atoms with Crippen molar-refractivity contribution in [2.45, 2.75) is 58.9 Å². The van der Waals surface area contributed by atoms with Gasteiger partial charge in [-0.05, 0) is 90.9 Å². The van der Waals surface area contributed by atoms with Crippen LogP contribution in [-0.4, -0.2) is 61.3 Å².